The lowest BCUT2D eigenvalue weighted by Gasteiger charge is -2.10. The lowest BCUT2D eigenvalue weighted by atomic mass is 10.2. The summed E-state index contributed by atoms with van der Waals surface area (Å²) in [4.78, 5) is 35.2. The Labute approximate surface area is 193 Å². The van der Waals surface area contributed by atoms with Crippen LogP contribution >= 0.6 is 0 Å². The minimum absolute atomic E-state index is 0.0417. The van der Waals surface area contributed by atoms with Crippen LogP contribution in [-0.4, -0.2) is 38.2 Å². The monoisotopic (exact) mass is 469 g/mol. The van der Waals surface area contributed by atoms with E-state index in [1.165, 1.54) is 38.6 Å². The number of methoxy groups -OCH3 is 2. The molecule has 34 heavy (non-hydrogen) atoms. The fourth-order valence-electron chi connectivity index (χ4n) is 2.64. The van der Waals surface area contributed by atoms with Gasteiger partial charge in [-0.25, -0.2) is 14.6 Å². The third kappa shape index (κ3) is 6.42. The molecule has 0 atom stereocenters. The van der Waals surface area contributed by atoms with Crippen LogP contribution in [-0.2, 0) is 20.9 Å². The van der Waals surface area contributed by atoms with Gasteiger partial charge in [-0.1, -0.05) is 0 Å². The molecule has 1 aromatic heterocycles. The third-order valence-corrected chi connectivity index (χ3v) is 4.29. The first-order valence-corrected chi connectivity index (χ1v) is 9.77. The van der Waals surface area contributed by atoms with Gasteiger partial charge in [0.1, 0.15) is 18.2 Å². The smallest absolute Gasteiger partial charge is 0.373 e. The van der Waals surface area contributed by atoms with Crippen LogP contribution in [0.2, 0.25) is 0 Å². The Hall–Kier alpha value is -4.67. The van der Waals surface area contributed by atoms with E-state index in [4.69, 9.17) is 13.9 Å². The number of anilines is 1. The fraction of sp³-hybridized carbons (Fsp3) is 0.130. The molecule has 2 amide bonds. The SMILES string of the molecule is COC(=O)c1ccc(COc2ccc(C=NNC(=O)C(=O)Nc3ccc(F)cc3)cc2OC)o1. The standard InChI is InChI=1S/C23H20FN3O7/c1-31-20-11-14(3-9-18(20)33-13-17-8-10-19(34-17)23(30)32-2)12-25-27-22(29)21(28)26-16-6-4-15(24)5-7-16/h3-12H,13H2,1-2H3,(H,26,28)(H,27,29). The molecule has 3 aromatic rings. The third-order valence-electron chi connectivity index (χ3n) is 4.29. The second kappa shape index (κ2) is 11.3. The summed E-state index contributed by atoms with van der Waals surface area (Å²) < 4.78 is 33.8. The molecule has 0 spiro atoms. The average Bonchev–Trinajstić information content (AvgIpc) is 3.33. The number of carbonyl (C=O) groups is 3. The summed E-state index contributed by atoms with van der Waals surface area (Å²) in [5.74, 6) is -1.76. The van der Waals surface area contributed by atoms with Crippen molar-refractivity contribution in [1.29, 1.82) is 0 Å². The van der Waals surface area contributed by atoms with Crippen molar-refractivity contribution in [3.8, 4) is 11.5 Å². The number of furan rings is 1. The van der Waals surface area contributed by atoms with Crippen molar-refractivity contribution in [3.63, 3.8) is 0 Å². The molecular weight excluding hydrogens is 449 g/mol. The Morgan fingerprint density at radius 3 is 2.47 bits per heavy atom. The summed E-state index contributed by atoms with van der Waals surface area (Å²) in [5, 5.41) is 6.06. The van der Waals surface area contributed by atoms with Crippen LogP contribution in [0.25, 0.3) is 0 Å². The number of esters is 1. The lowest BCUT2D eigenvalue weighted by Crippen LogP contribution is -2.32. The van der Waals surface area contributed by atoms with Crippen LogP contribution in [0, 0.1) is 5.82 Å². The topological polar surface area (TPSA) is 128 Å². The van der Waals surface area contributed by atoms with Gasteiger partial charge in [0.15, 0.2) is 11.5 Å². The molecule has 3 rings (SSSR count). The molecule has 176 valence electrons. The zero-order valence-corrected chi connectivity index (χ0v) is 18.2. The molecule has 0 aliphatic carbocycles. The van der Waals surface area contributed by atoms with Crippen LogP contribution in [0.4, 0.5) is 10.1 Å². The van der Waals surface area contributed by atoms with Crippen molar-refractivity contribution < 1.29 is 37.4 Å². The van der Waals surface area contributed by atoms with Crippen molar-refractivity contribution in [1.82, 2.24) is 5.43 Å². The van der Waals surface area contributed by atoms with Gasteiger partial charge in [0.05, 0.1) is 20.4 Å². The zero-order valence-electron chi connectivity index (χ0n) is 18.2. The maximum Gasteiger partial charge on any atom is 0.373 e. The van der Waals surface area contributed by atoms with Crippen molar-refractivity contribution in [3.05, 3.63) is 77.5 Å². The summed E-state index contributed by atoms with van der Waals surface area (Å²) in [5.41, 5.74) is 2.92. The van der Waals surface area contributed by atoms with E-state index in [2.05, 4.69) is 20.6 Å². The Morgan fingerprint density at radius 1 is 1.00 bits per heavy atom. The van der Waals surface area contributed by atoms with Gasteiger partial charge in [-0.3, -0.25) is 9.59 Å². The van der Waals surface area contributed by atoms with Crippen molar-refractivity contribution in [2.45, 2.75) is 6.61 Å². The molecule has 2 N–H and O–H groups in total. The lowest BCUT2D eigenvalue weighted by molar-refractivity contribution is -0.136. The Bertz CT molecular complexity index is 1210. The highest BCUT2D eigenvalue weighted by Gasteiger charge is 2.14. The van der Waals surface area contributed by atoms with Gasteiger partial charge in [0.25, 0.3) is 0 Å². The molecule has 0 aliphatic rings. The van der Waals surface area contributed by atoms with Crippen LogP contribution < -0.4 is 20.2 Å². The van der Waals surface area contributed by atoms with E-state index in [-0.39, 0.29) is 18.1 Å². The number of amides is 2. The summed E-state index contributed by atoms with van der Waals surface area (Å²) in [6, 6.07) is 12.9. The molecule has 0 bridgehead atoms. The van der Waals surface area contributed by atoms with Gasteiger partial charge in [0, 0.05) is 5.69 Å². The van der Waals surface area contributed by atoms with E-state index >= 15 is 0 Å². The number of nitrogens with one attached hydrogen (secondary N) is 2. The van der Waals surface area contributed by atoms with Crippen LogP contribution in [0.15, 0.2) is 64.1 Å². The summed E-state index contributed by atoms with van der Waals surface area (Å²) in [6.07, 6.45) is 1.31. The molecule has 0 saturated carbocycles. The molecule has 0 saturated heterocycles. The van der Waals surface area contributed by atoms with E-state index in [0.717, 1.165) is 12.1 Å². The number of rotatable bonds is 8. The normalized spacial score (nSPS) is 10.6. The molecular formula is C23H20FN3O7. The van der Waals surface area contributed by atoms with Crippen LogP contribution in [0.5, 0.6) is 11.5 Å². The summed E-state index contributed by atoms with van der Waals surface area (Å²) >= 11 is 0. The predicted molar refractivity (Wildman–Crippen MR) is 118 cm³/mol. The highest BCUT2D eigenvalue weighted by Crippen LogP contribution is 2.28. The minimum Gasteiger partial charge on any atom is -0.493 e. The first kappa shape index (κ1) is 24.0. The molecule has 11 heteroatoms. The van der Waals surface area contributed by atoms with E-state index < -0.39 is 23.6 Å². The molecule has 10 nitrogen and oxygen atoms in total. The largest absolute Gasteiger partial charge is 0.493 e. The Morgan fingerprint density at radius 2 is 1.76 bits per heavy atom. The van der Waals surface area contributed by atoms with Gasteiger partial charge in [-0.2, -0.15) is 5.10 Å². The number of halogens is 1. The number of carbonyl (C=O) groups excluding carboxylic acids is 3. The zero-order chi connectivity index (χ0) is 24.5. The van der Waals surface area contributed by atoms with E-state index in [9.17, 15) is 18.8 Å². The molecule has 0 aliphatic heterocycles. The van der Waals surface area contributed by atoms with E-state index in [1.54, 1.807) is 24.3 Å². The van der Waals surface area contributed by atoms with Crippen molar-refractivity contribution >= 4 is 29.7 Å². The minimum atomic E-state index is -1.00. The predicted octanol–water partition coefficient (Wildman–Crippen LogP) is 2.88. The molecule has 0 fully saturated rings. The maximum atomic E-state index is 12.9. The van der Waals surface area contributed by atoms with Crippen LogP contribution in [0.3, 0.4) is 0 Å². The second-order valence-corrected chi connectivity index (χ2v) is 6.62. The van der Waals surface area contributed by atoms with Gasteiger partial charge < -0.3 is 23.9 Å². The average molecular weight is 469 g/mol. The number of hydrazone groups is 1. The Kier molecular flexibility index (Phi) is 7.95. The highest BCUT2D eigenvalue weighted by molar-refractivity contribution is 6.39. The maximum absolute atomic E-state index is 12.9. The number of hydrogen-bond acceptors (Lipinski definition) is 8. The van der Waals surface area contributed by atoms with E-state index in [1.807, 2.05) is 0 Å². The van der Waals surface area contributed by atoms with Crippen molar-refractivity contribution in [2.24, 2.45) is 5.10 Å². The molecule has 0 radical (unpaired) electrons. The second-order valence-electron chi connectivity index (χ2n) is 6.62. The Balaban J connectivity index is 1.55. The van der Waals surface area contributed by atoms with Gasteiger partial charge >= 0.3 is 17.8 Å². The number of nitrogens with zero attached hydrogens (tertiary/aromatic N) is 1. The van der Waals surface area contributed by atoms with E-state index in [0.29, 0.717) is 22.8 Å². The molecule has 0 unspecified atom stereocenters. The molecule has 1 heterocycles. The summed E-state index contributed by atoms with van der Waals surface area (Å²) in [6.45, 7) is 0.0417. The van der Waals surface area contributed by atoms with Crippen molar-refractivity contribution in [2.75, 3.05) is 19.5 Å². The van der Waals surface area contributed by atoms with Crippen LogP contribution in [0.1, 0.15) is 21.9 Å². The number of hydrogen-bond donors (Lipinski definition) is 2. The fourth-order valence-corrected chi connectivity index (χ4v) is 2.64. The van der Waals surface area contributed by atoms with Gasteiger partial charge in [-0.05, 0) is 60.2 Å². The van der Waals surface area contributed by atoms with Gasteiger partial charge in [-0.15, -0.1) is 0 Å². The quantitative estimate of drug-likeness (QED) is 0.225. The van der Waals surface area contributed by atoms with Gasteiger partial charge in [0.2, 0.25) is 5.76 Å². The number of ether oxygens (including phenoxy) is 3. The first-order valence-electron chi connectivity index (χ1n) is 9.77. The number of benzene rings is 2. The summed E-state index contributed by atoms with van der Waals surface area (Å²) in [7, 11) is 2.71. The molecule has 2 aromatic carbocycles. The first-order chi connectivity index (χ1) is 16.4. The highest BCUT2D eigenvalue weighted by atomic mass is 19.1.